The molecule has 2 aliphatic rings. The van der Waals surface area contributed by atoms with Gasteiger partial charge in [0.15, 0.2) is 11.5 Å². The number of hydrogen-bond acceptors (Lipinski definition) is 5. The van der Waals surface area contributed by atoms with Crippen molar-refractivity contribution in [3.8, 4) is 11.5 Å². The van der Waals surface area contributed by atoms with Crippen molar-refractivity contribution >= 4 is 23.4 Å². The van der Waals surface area contributed by atoms with Crippen molar-refractivity contribution in [3.05, 3.63) is 30.4 Å². The van der Waals surface area contributed by atoms with Crippen LogP contribution in [0.4, 0.5) is 5.69 Å². The van der Waals surface area contributed by atoms with Gasteiger partial charge in [0.25, 0.3) is 0 Å². The van der Waals surface area contributed by atoms with E-state index in [1.165, 1.54) is 4.90 Å². The third-order valence-corrected chi connectivity index (χ3v) is 5.66. The first kappa shape index (κ1) is 22.8. The highest BCUT2D eigenvalue weighted by atomic mass is 16.5. The summed E-state index contributed by atoms with van der Waals surface area (Å²) in [4.78, 5) is 40.6. The predicted octanol–water partition coefficient (Wildman–Crippen LogP) is 3.79. The van der Waals surface area contributed by atoms with E-state index in [9.17, 15) is 14.4 Å². The van der Waals surface area contributed by atoms with Crippen LogP contribution in [0.5, 0.6) is 11.5 Å². The molecule has 1 aromatic rings. The van der Waals surface area contributed by atoms with E-state index in [1.807, 2.05) is 39.8 Å². The highest BCUT2D eigenvalue weighted by molar-refractivity contribution is 6.10. The van der Waals surface area contributed by atoms with Crippen LogP contribution < -0.4 is 14.8 Å². The predicted molar refractivity (Wildman–Crippen MR) is 118 cm³/mol. The smallest absolute Gasteiger partial charge is 0.247 e. The second kappa shape index (κ2) is 9.98. The van der Waals surface area contributed by atoms with Gasteiger partial charge < -0.3 is 14.8 Å². The average Bonchev–Trinajstić information content (AvgIpc) is 2.99. The van der Waals surface area contributed by atoms with Crippen molar-refractivity contribution in [2.75, 3.05) is 18.5 Å². The number of ether oxygens (including phenoxy) is 2. The summed E-state index contributed by atoms with van der Waals surface area (Å²) in [6.45, 7) is 8.67. The molecule has 1 aliphatic carbocycles. The van der Waals surface area contributed by atoms with Crippen LogP contribution in [0.1, 0.15) is 47.0 Å². The van der Waals surface area contributed by atoms with Gasteiger partial charge in [-0.2, -0.15) is 0 Å². The van der Waals surface area contributed by atoms with Gasteiger partial charge in [0.2, 0.25) is 17.7 Å². The summed E-state index contributed by atoms with van der Waals surface area (Å²) in [6.07, 6.45) is 5.41. The lowest BCUT2D eigenvalue weighted by molar-refractivity contribution is -0.147. The highest BCUT2D eigenvalue weighted by Crippen LogP contribution is 2.37. The summed E-state index contributed by atoms with van der Waals surface area (Å²) in [6, 6.07) is 4.34. The molecule has 3 unspecified atom stereocenters. The van der Waals surface area contributed by atoms with Gasteiger partial charge in [-0.15, -0.1) is 0 Å². The monoisotopic (exact) mass is 428 g/mol. The highest BCUT2D eigenvalue weighted by Gasteiger charge is 2.51. The second-order valence-electron chi connectivity index (χ2n) is 8.36. The van der Waals surface area contributed by atoms with Crippen molar-refractivity contribution in [3.63, 3.8) is 0 Å². The Labute approximate surface area is 183 Å². The topological polar surface area (TPSA) is 84.9 Å². The number of allylic oxidation sites excluding steroid dienone is 2. The number of amides is 3. The van der Waals surface area contributed by atoms with E-state index >= 15 is 0 Å². The van der Waals surface area contributed by atoms with Gasteiger partial charge in [0, 0.05) is 11.8 Å². The molecule has 1 fully saturated rings. The van der Waals surface area contributed by atoms with Gasteiger partial charge in [-0.25, -0.2) is 0 Å². The Balaban J connectivity index is 1.83. The molecule has 1 aromatic carbocycles. The van der Waals surface area contributed by atoms with E-state index in [0.717, 1.165) is 0 Å². The molecule has 3 rings (SSSR count). The molecule has 0 radical (unpaired) electrons. The molecule has 1 saturated heterocycles. The Bertz CT molecular complexity index is 838. The minimum Gasteiger partial charge on any atom is -0.490 e. The van der Waals surface area contributed by atoms with Crippen molar-refractivity contribution in [2.24, 2.45) is 17.8 Å². The number of rotatable bonds is 9. The fourth-order valence-corrected chi connectivity index (χ4v) is 4.26. The Kier molecular flexibility index (Phi) is 7.36. The molecule has 0 spiro atoms. The van der Waals surface area contributed by atoms with Crippen molar-refractivity contribution in [1.82, 2.24) is 4.90 Å². The van der Waals surface area contributed by atoms with Gasteiger partial charge in [-0.05, 0) is 51.2 Å². The minimum atomic E-state index is -0.840. The first-order chi connectivity index (χ1) is 14.9. The van der Waals surface area contributed by atoms with Gasteiger partial charge in [0.05, 0.1) is 25.0 Å². The van der Waals surface area contributed by atoms with Crippen molar-refractivity contribution < 1.29 is 23.9 Å². The Morgan fingerprint density at radius 1 is 1.03 bits per heavy atom. The number of carbonyl (C=O) groups excluding carboxylic acids is 3. The first-order valence-corrected chi connectivity index (χ1v) is 11.1. The van der Waals surface area contributed by atoms with Crippen LogP contribution in [0, 0.1) is 17.8 Å². The Hall–Kier alpha value is -2.83. The number of imide groups is 1. The van der Waals surface area contributed by atoms with Crippen LogP contribution in [0.25, 0.3) is 0 Å². The second-order valence-corrected chi connectivity index (χ2v) is 8.36. The molecule has 0 saturated carbocycles. The molecule has 1 N–H and O–H groups in total. The lowest BCUT2D eigenvalue weighted by Gasteiger charge is -2.27. The molecule has 7 heteroatoms. The van der Waals surface area contributed by atoms with Gasteiger partial charge in [0.1, 0.15) is 6.04 Å². The quantitative estimate of drug-likeness (QED) is 0.478. The van der Waals surface area contributed by atoms with Crippen LogP contribution in [0.15, 0.2) is 30.4 Å². The maximum Gasteiger partial charge on any atom is 0.247 e. The van der Waals surface area contributed by atoms with Crippen LogP contribution >= 0.6 is 0 Å². The third kappa shape index (κ3) is 4.92. The number of likely N-dealkylation sites (tertiary alicyclic amines) is 1. The maximum absolute atomic E-state index is 13.3. The normalized spacial score (nSPS) is 21.3. The molecule has 168 valence electrons. The van der Waals surface area contributed by atoms with E-state index < -0.39 is 6.04 Å². The van der Waals surface area contributed by atoms with Gasteiger partial charge in [-0.3, -0.25) is 19.3 Å². The Morgan fingerprint density at radius 2 is 1.61 bits per heavy atom. The third-order valence-electron chi connectivity index (χ3n) is 5.66. The van der Waals surface area contributed by atoms with Gasteiger partial charge in [-0.1, -0.05) is 26.0 Å². The fourth-order valence-electron chi connectivity index (χ4n) is 4.26. The standard InChI is InChI=1S/C24H32N2O5/c1-5-30-20-12-11-16(14-21(20)31-6-2)25-22(27)19(13-15(3)4)26-23(28)17-9-7-8-10-18(17)24(26)29/h7-8,11-12,14-15,17-19H,5-6,9-10,13H2,1-4H3,(H,25,27). The van der Waals surface area contributed by atoms with E-state index in [1.54, 1.807) is 18.2 Å². The summed E-state index contributed by atoms with van der Waals surface area (Å²) in [5, 5.41) is 2.88. The SMILES string of the molecule is CCOc1ccc(NC(=O)C(CC(C)C)N2C(=O)C3CC=CCC3C2=O)cc1OCC. The summed E-state index contributed by atoms with van der Waals surface area (Å²) >= 11 is 0. The van der Waals surface area contributed by atoms with E-state index in [2.05, 4.69) is 5.32 Å². The molecule has 0 bridgehead atoms. The molecule has 7 nitrogen and oxygen atoms in total. The Morgan fingerprint density at radius 3 is 2.16 bits per heavy atom. The summed E-state index contributed by atoms with van der Waals surface area (Å²) in [5.74, 6) is -0.269. The van der Waals surface area contributed by atoms with Gasteiger partial charge >= 0.3 is 0 Å². The van der Waals surface area contributed by atoms with Crippen molar-refractivity contribution in [2.45, 2.75) is 53.0 Å². The maximum atomic E-state index is 13.3. The number of nitrogens with zero attached hydrogens (tertiary/aromatic N) is 1. The van der Waals surface area contributed by atoms with E-state index in [-0.39, 0.29) is 35.5 Å². The number of benzene rings is 1. The molecule has 31 heavy (non-hydrogen) atoms. The first-order valence-electron chi connectivity index (χ1n) is 11.1. The van der Waals surface area contributed by atoms with E-state index in [0.29, 0.717) is 49.7 Å². The fraction of sp³-hybridized carbons (Fsp3) is 0.542. The zero-order valence-corrected chi connectivity index (χ0v) is 18.7. The average molecular weight is 429 g/mol. The number of carbonyl (C=O) groups is 3. The molecule has 1 heterocycles. The summed E-state index contributed by atoms with van der Waals surface area (Å²) < 4.78 is 11.2. The summed E-state index contributed by atoms with van der Waals surface area (Å²) in [7, 11) is 0. The molecule has 3 amide bonds. The zero-order valence-electron chi connectivity index (χ0n) is 18.7. The number of hydrogen-bond donors (Lipinski definition) is 1. The molecule has 3 atom stereocenters. The van der Waals surface area contributed by atoms with E-state index in [4.69, 9.17) is 9.47 Å². The van der Waals surface area contributed by atoms with Crippen LogP contribution in [-0.4, -0.2) is 41.9 Å². The lowest BCUT2D eigenvalue weighted by Crippen LogP contribution is -2.48. The largest absolute Gasteiger partial charge is 0.490 e. The lowest BCUT2D eigenvalue weighted by atomic mass is 9.85. The van der Waals surface area contributed by atoms with Crippen LogP contribution in [-0.2, 0) is 14.4 Å². The van der Waals surface area contributed by atoms with Crippen LogP contribution in [0.3, 0.4) is 0 Å². The van der Waals surface area contributed by atoms with Crippen LogP contribution in [0.2, 0.25) is 0 Å². The molecule has 1 aliphatic heterocycles. The number of anilines is 1. The zero-order chi connectivity index (χ0) is 22.5. The number of fused-ring (bicyclic) bond motifs is 1. The van der Waals surface area contributed by atoms with Crippen molar-refractivity contribution in [1.29, 1.82) is 0 Å². The summed E-state index contributed by atoms with van der Waals surface area (Å²) in [5.41, 5.74) is 0.531. The number of nitrogens with one attached hydrogen (secondary N) is 1. The molecule has 0 aromatic heterocycles. The minimum absolute atomic E-state index is 0.136. The molecular weight excluding hydrogens is 396 g/mol. The molecular formula is C24H32N2O5.